The van der Waals surface area contributed by atoms with Gasteiger partial charge in [-0.25, -0.2) is 14.5 Å². The molecule has 0 fully saturated rings. The van der Waals surface area contributed by atoms with Gasteiger partial charge in [-0.2, -0.15) is 0 Å². The summed E-state index contributed by atoms with van der Waals surface area (Å²) in [5.74, 6) is 0.324. The maximum atomic E-state index is 11.6. The Morgan fingerprint density at radius 1 is 1.60 bits per heavy atom. The van der Waals surface area contributed by atoms with E-state index < -0.39 is 12.1 Å². The van der Waals surface area contributed by atoms with Gasteiger partial charge in [-0.15, -0.1) is 5.10 Å². The SMILES string of the molecule is CC(c1cccnc1Cl)N(C(=O)O)c1c(Br)nnn1C. The van der Waals surface area contributed by atoms with Gasteiger partial charge in [0.2, 0.25) is 0 Å². The largest absolute Gasteiger partial charge is 0.465 e. The van der Waals surface area contributed by atoms with Gasteiger partial charge >= 0.3 is 6.09 Å². The van der Waals surface area contributed by atoms with Crippen LogP contribution in [0.25, 0.3) is 0 Å². The molecule has 0 aromatic carbocycles. The van der Waals surface area contributed by atoms with Gasteiger partial charge in [-0.3, -0.25) is 4.90 Å². The number of nitrogens with zero attached hydrogens (tertiary/aromatic N) is 5. The van der Waals surface area contributed by atoms with Crippen molar-refractivity contribution in [2.75, 3.05) is 4.90 Å². The van der Waals surface area contributed by atoms with E-state index >= 15 is 0 Å². The summed E-state index contributed by atoms with van der Waals surface area (Å²) in [6.45, 7) is 1.72. The Hall–Kier alpha value is -1.67. The molecule has 0 aliphatic carbocycles. The Labute approximate surface area is 128 Å². The van der Waals surface area contributed by atoms with Crippen LogP contribution in [0.4, 0.5) is 10.6 Å². The maximum absolute atomic E-state index is 11.6. The van der Waals surface area contributed by atoms with Crippen molar-refractivity contribution < 1.29 is 9.90 Å². The molecule has 2 heterocycles. The minimum Gasteiger partial charge on any atom is -0.465 e. The molecular formula is C11H11BrClN5O2. The van der Waals surface area contributed by atoms with Gasteiger partial charge < -0.3 is 5.11 Å². The number of hydrogen-bond donors (Lipinski definition) is 1. The van der Waals surface area contributed by atoms with E-state index in [-0.39, 0.29) is 5.15 Å². The Kier molecular flexibility index (Phi) is 4.24. The highest BCUT2D eigenvalue weighted by Crippen LogP contribution is 2.33. The normalized spacial score (nSPS) is 12.2. The predicted octanol–water partition coefficient (Wildman–Crippen LogP) is 2.87. The fourth-order valence-electron chi connectivity index (χ4n) is 1.87. The number of hydrogen-bond acceptors (Lipinski definition) is 4. The molecule has 106 valence electrons. The molecule has 0 bridgehead atoms. The van der Waals surface area contributed by atoms with Crippen LogP contribution in [0.2, 0.25) is 5.15 Å². The average Bonchev–Trinajstić information content (AvgIpc) is 2.71. The summed E-state index contributed by atoms with van der Waals surface area (Å²) >= 11 is 9.23. The van der Waals surface area contributed by atoms with Gasteiger partial charge in [0.1, 0.15) is 5.15 Å². The third-order valence-electron chi connectivity index (χ3n) is 2.82. The molecule has 9 heteroatoms. The van der Waals surface area contributed by atoms with Crippen molar-refractivity contribution in [2.24, 2.45) is 7.05 Å². The lowest BCUT2D eigenvalue weighted by Gasteiger charge is -2.26. The zero-order valence-corrected chi connectivity index (χ0v) is 13.0. The summed E-state index contributed by atoms with van der Waals surface area (Å²) in [5, 5.41) is 17.3. The highest BCUT2D eigenvalue weighted by molar-refractivity contribution is 9.10. The van der Waals surface area contributed by atoms with E-state index in [9.17, 15) is 9.90 Å². The summed E-state index contributed by atoms with van der Waals surface area (Å²) in [5.41, 5.74) is 0.602. The van der Waals surface area contributed by atoms with Gasteiger partial charge in [0.15, 0.2) is 10.4 Å². The van der Waals surface area contributed by atoms with E-state index in [1.807, 2.05) is 0 Å². The molecule has 2 aromatic heterocycles. The number of halogens is 2. The third-order valence-corrected chi connectivity index (χ3v) is 3.65. The van der Waals surface area contributed by atoms with Crippen molar-refractivity contribution in [3.63, 3.8) is 0 Å². The lowest BCUT2D eigenvalue weighted by atomic mass is 10.1. The van der Waals surface area contributed by atoms with Crippen LogP contribution < -0.4 is 4.90 Å². The van der Waals surface area contributed by atoms with Gasteiger partial charge in [0.25, 0.3) is 0 Å². The summed E-state index contributed by atoms with van der Waals surface area (Å²) in [4.78, 5) is 16.7. The third kappa shape index (κ3) is 2.61. The van der Waals surface area contributed by atoms with Crippen LogP contribution >= 0.6 is 27.5 Å². The van der Waals surface area contributed by atoms with E-state index in [1.165, 1.54) is 4.68 Å². The summed E-state index contributed by atoms with van der Waals surface area (Å²) in [6.07, 6.45) is 0.411. The first-order chi connectivity index (χ1) is 9.43. The summed E-state index contributed by atoms with van der Waals surface area (Å²) < 4.78 is 1.72. The van der Waals surface area contributed by atoms with E-state index in [1.54, 1.807) is 32.3 Å². The second-order valence-electron chi connectivity index (χ2n) is 4.04. The van der Waals surface area contributed by atoms with Crippen LogP contribution in [0.5, 0.6) is 0 Å². The van der Waals surface area contributed by atoms with Crippen molar-refractivity contribution in [2.45, 2.75) is 13.0 Å². The zero-order chi connectivity index (χ0) is 14.9. The Morgan fingerprint density at radius 2 is 2.30 bits per heavy atom. The van der Waals surface area contributed by atoms with Crippen molar-refractivity contribution in [3.8, 4) is 0 Å². The molecule has 2 rings (SSSR count). The Morgan fingerprint density at radius 3 is 2.80 bits per heavy atom. The molecule has 0 saturated carbocycles. The van der Waals surface area contributed by atoms with Crippen LogP contribution in [-0.4, -0.2) is 31.2 Å². The van der Waals surface area contributed by atoms with Crippen molar-refractivity contribution in [3.05, 3.63) is 33.6 Å². The number of anilines is 1. The van der Waals surface area contributed by atoms with Gasteiger partial charge in [0.05, 0.1) is 6.04 Å². The number of aryl methyl sites for hydroxylation is 1. The first-order valence-electron chi connectivity index (χ1n) is 5.61. The van der Waals surface area contributed by atoms with Crippen LogP contribution in [-0.2, 0) is 7.05 Å². The summed E-state index contributed by atoms with van der Waals surface area (Å²) in [7, 11) is 1.61. The molecule has 0 radical (unpaired) electrons. The minimum absolute atomic E-state index is 0.262. The van der Waals surface area contributed by atoms with Crippen LogP contribution in [0.3, 0.4) is 0 Å². The van der Waals surface area contributed by atoms with Gasteiger partial charge in [-0.05, 0) is 28.9 Å². The van der Waals surface area contributed by atoms with Crippen LogP contribution in [0.1, 0.15) is 18.5 Å². The number of rotatable bonds is 3. The van der Waals surface area contributed by atoms with Crippen molar-refractivity contribution in [1.82, 2.24) is 20.0 Å². The summed E-state index contributed by atoms with van der Waals surface area (Å²) in [6, 6.07) is 2.89. The number of carboxylic acid groups (broad SMARTS) is 1. The topological polar surface area (TPSA) is 84.1 Å². The van der Waals surface area contributed by atoms with E-state index in [4.69, 9.17) is 11.6 Å². The lowest BCUT2D eigenvalue weighted by Crippen LogP contribution is -2.34. The molecule has 0 aliphatic heterocycles. The van der Waals surface area contributed by atoms with Crippen LogP contribution in [0.15, 0.2) is 22.9 Å². The second-order valence-corrected chi connectivity index (χ2v) is 5.15. The highest BCUT2D eigenvalue weighted by atomic mass is 79.9. The number of carbonyl (C=O) groups is 1. The van der Waals surface area contributed by atoms with E-state index in [2.05, 4.69) is 31.2 Å². The van der Waals surface area contributed by atoms with E-state index in [0.29, 0.717) is 16.0 Å². The molecule has 1 atom stereocenters. The molecule has 1 amide bonds. The molecule has 1 N–H and O–H groups in total. The highest BCUT2D eigenvalue weighted by Gasteiger charge is 2.29. The molecule has 2 aromatic rings. The zero-order valence-electron chi connectivity index (χ0n) is 10.7. The molecule has 20 heavy (non-hydrogen) atoms. The monoisotopic (exact) mass is 359 g/mol. The fourth-order valence-corrected chi connectivity index (χ4v) is 2.67. The van der Waals surface area contributed by atoms with Gasteiger partial charge in [-0.1, -0.05) is 22.9 Å². The second kappa shape index (κ2) is 5.76. The smallest absolute Gasteiger partial charge is 0.413 e. The van der Waals surface area contributed by atoms with Crippen LogP contribution in [0, 0.1) is 0 Å². The Bertz CT molecular complexity index is 628. The minimum atomic E-state index is -1.14. The fraction of sp³-hybridized carbons (Fsp3) is 0.273. The molecule has 0 aliphatic rings. The van der Waals surface area contributed by atoms with Crippen molar-refractivity contribution >= 4 is 39.4 Å². The first kappa shape index (κ1) is 14.7. The number of pyridine rings is 1. The Balaban J connectivity index is 2.50. The quantitative estimate of drug-likeness (QED) is 0.851. The maximum Gasteiger partial charge on any atom is 0.413 e. The number of amides is 1. The molecule has 7 nitrogen and oxygen atoms in total. The first-order valence-corrected chi connectivity index (χ1v) is 6.78. The standard InChI is InChI=1S/C11H11BrClN5O2/c1-6(7-4-3-5-14-9(7)13)18(11(19)20)10-8(12)15-16-17(10)2/h3-6H,1-2H3,(H,19,20). The molecule has 1 unspecified atom stereocenters. The van der Waals surface area contributed by atoms with E-state index in [0.717, 1.165) is 4.90 Å². The number of aromatic nitrogens is 4. The average molecular weight is 361 g/mol. The predicted molar refractivity (Wildman–Crippen MR) is 76.9 cm³/mol. The lowest BCUT2D eigenvalue weighted by molar-refractivity contribution is 0.199. The van der Waals surface area contributed by atoms with Crippen molar-refractivity contribution in [1.29, 1.82) is 0 Å². The molecule has 0 spiro atoms. The molecular weight excluding hydrogens is 350 g/mol. The van der Waals surface area contributed by atoms with Gasteiger partial charge in [0, 0.05) is 18.8 Å². The molecule has 0 saturated heterocycles.